The largest absolute Gasteiger partial charge is 0.444 e. The van der Waals surface area contributed by atoms with Crippen molar-refractivity contribution >= 4 is 9.84 Å². The highest BCUT2D eigenvalue weighted by Gasteiger charge is 2.21. The number of hydrogen-bond acceptors (Lipinski definition) is 7. The van der Waals surface area contributed by atoms with Crippen molar-refractivity contribution in [3.8, 4) is 17.1 Å². The molecule has 28 heavy (non-hydrogen) atoms. The van der Waals surface area contributed by atoms with E-state index in [2.05, 4.69) is 20.5 Å². The van der Waals surface area contributed by atoms with Crippen LogP contribution in [0.2, 0.25) is 0 Å². The van der Waals surface area contributed by atoms with Crippen LogP contribution >= 0.6 is 0 Å². The van der Waals surface area contributed by atoms with E-state index < -0.39 is 15.7 Å². The fourth-order valence-electron chi connectivity index (χ4n) is 2.67. The molecular weight excluding hydrogens is 385 g/mol. The van der Waals surface area contributed by atoms with E-state index in [1.165, 1.54) is 29.1 Å². The van der Waals surface area contributed by atoms with Gasteiger partial charge in [0.05, 0.1) is 17.1 Å². The average molecular weight is 399 g/mol. The van der Waals surface area contributed by atoms with E-state index in [0.717, 1.165) is 0 Å². The molecule has 0 aliphatic heterocycles. The molecule has 0 saturated carbocycles. The van der Waals surface area contributed by atoms with Crippen molar-refractivity contribution in [3.05, 3.63) is 78.2 Å². The highest BCUT2D eigenvalue weighted by molar-refractivity contribution is 7.89. The van der Waals surface area contributed by atoms with Crippen LogP contribution < -0.4 is 0 Å². The maximum atomic E-state index is 13.3. The van der Waals surface area contributed by atoms with Crippen molar-refractivity contribution < 1.29 is 17.2 Å². The Balaban J connectivity index is 1.53. The summed E-state index contributed by atoms with van der Waals surface area (Å²) in [4.78, 5) is 4.15. The minimum atomic E-state index is -3.63. The fraction of sp³-hybridized carbons (Fsp3) is 0.111. The van der Waals surface area contributed by atoms with Gasteiger partial charge in [-0.1, -0.05) is 24.3 Å². The second kappa shape index (κ2) is 7.31. The number of nitrogens with zero attached hydrogens (tertiary/aromatic N) is 5. The number of benzene rings is 2. The summed E-state index contributed by atoms with van der Waals surface area (Å²) in [6, 6.07) is 14.7. The summed E-state index contributed by atoms with van der Waals surface area (Å²) < 4.78 is 45.2. The molecule has 0 fully saturated rings. The van der Waals surface area contributed by atoms with Crippen molar-refractivity contribution in [2.24, 2.45) is 0 Å². The van der Waals surface area contributed by atoms with Crippen molar-refractivity contribution in [2.45, 2.75) is 11.5 Å². The molecule has 4 rings (SSSR count). The van der Waals surface area contributed by atoms with Crippen LogP contribution in [0.5, 0.6) is 0 Å². The number of para-hydroxylation sites is 1. The normalized spacial score (nSPS) is 11.6. The van der Waals surface area contributed by atoms with Gasteiger partial charge in [0.25, 0.3) is 0 Å². The number of hydrogen-bond donors (Lipinski definition) is 0. The van der Waals surface area contributed by atoms with E-state index >= 15 is 0 Å². The van der Waals surface area contributed by atoms with Gasteiger partial charge in [0.15, 0.2) is 15.7 Å². The summed E-state index contributed by atoms with van der Waals surface area (Å²) in [5, 5.41) is 11.2. The zero-order valence-corrected chi connectivity index (χ0v) is 15.3. The van der Waals surface area contributed by atoms with E-state index in [1.54, 1.807) is 30.3 Å². The molecule has 2 aromatic heterocycles. The van der Waals surface area contributed by atoms with Crippen LogP contribution in [0.15, 0.2) is 65.3 Å². The second-order valence-corrected chi connectivity index (χ2v) is 8.09. The smallest absolute Gasteiger partial charge is 0.226 e. The summed E-state index contributed by atoms with van der Waals surface area (Å²) in [5.74, 6) is -0.804. The van der Waals surface area contributed by atoms with Gasteiger partial charge in [0.1, 0.15) is 17.8 Å². The van der Waals surface area contributed by atoms with E-state index in [1.807, 2.05) is 6.07 Å². The molecule has 4 aromatic rings. The second-order valence-electron chi connectivity index (χ2n) is 6.03. The predicted octanol–water partition coefficient (Wildman–Crippen LogP) is 2.57. The van der Waals surface area contributed by atoms with Crippen molar-refractivity contribution in [2.75, 3.05) is 0 Å². The number of aromatic nitrogens is 5. The van der Waals surface area contributed by atoms with Gasteiger partial charge in [0, 0.05) is 5.56 Å². The van der Waals surface area contributed by atoms with Gasteiger partial charge >= 0.3 is 0 Å². The third kappa shape index (κ3) is 3.96. The van der Waals surface area contributed by atoms with Gasteiger partial charge < -0.3 is 4.42 Å². The lowest BCUT2D eigenvalue weighted by Gasteiger charge is -2.04. The molecule has 8 nitrogen and oxygen atoms in total. The first-order valence-corrected chi connectivity index (χ1v) is 10.1. The molecule has 0 unspecified atom stereocenters. The highest BCUT2D eigenvalue weighted by atomic mass is 32.2. The zero-order chi connectivity index (χ0) is 19.6. The average Bonchev–Trinajstić information content (AvgIpc) is 3.31. The Hall–Kier alpha value is -3.40. The third-order valence-electron chi connectivity index (χ3n) is 3.87. The first-order valence-electron chi connectivity index (χ1n) is 8.24. The Morgan fingerprint density at radius 3 is 2.64 bits per heavy atom. The summed E-state index contributed by atoms with van der Waals surface area (Å²) in [5.41, 5.74) is 1.31. The standard InChI is InChI=1S/C18H14FN5O3S/c19-14-6-4-5-13(9-14)18-20-15(10-27-18)11-28(25,26)12-17-21-22-23-24(17)16-7-2-1-3-8-16/h1-10H,11-12H2. The van der Waals surface area contributed by atoms with E-state index in [9.17, 15) is 12.8 Å². The van der Waals surface area contributed by atoms with Gasteiger partial charge in [0.2, 0.25) is 5.89 Å². The number of halogens is 1. The highest BCUT2D eigenvalue weighted by Crippen LogP contribution is 2.21. The molecule has 2 heterocycles. The molecule has 142 valence electrons. The number of rotatable bonds is 6. The molecule has 10 heteroatoms. The number of sulfone groups is 1. The molecule has 0 atom stereocenters. The van der Waals surface area contributed by atoms with Crippen LogP contribution in [0, 0.1) is 5.82 Å². The predicted molar refractivity (Wildman–Crippen MR) is 97.4 cm³/mol. The first-order chi connectivity index (χ1) is 13.5. The van der Waals surface area contributed by atoms with E-state index in [4.69, 9.17) is 4.42 Å². The van der Waals surface area contributed by atoms with E-state index in [0.29, 0.717) is 11.3 Å². The Bertz CT molecular complexity index is 1200. The lowest BCUT2D eigenvalue weighted by atomic mass is 10.2. The Kier molecular flexibility index (Phi) is 4.70. The molecular formula is C18H14FN5O3S. The van der Waals surface area contributed by atoms with Crippen LogP contribution in [0.25, 0.3) is 17.1 Å². The number of oxazole rings is 1. The van der Waals surface area contributed by atoms with Crippen LogP contribution in [-0.4, -0.2) is 33.6 Å². The lowest BCUT2D eigenvalue weighted by molar-refractivity contribution is 0.569. The topological polar surface area (TPSA) is 104 Å². The summed E-state index contributed by atoms with van der Waals surface area (Å²) in [6.45, 7) is 0. The maximum absolute atomic E-state index is 13.3. The van der Waals surface area contributed by atoms with Crippen molar-refractivity contribution in [1.82, 2.24) is 25.2 Å². The van der Waals surface area contributed by atoms with Gasteiger partial charge in [-0.25, -0.2) is 17.8 Å². The fourth-order valence-corrected chi connectivity index (χ4v) is 3.92. The summed E-state index contributed by atoms with van der Waals surface area (Å²) in [7, 11) is -3.63. The number of tetrazole rings is 1. The molecule has 0 amide bonds. The summed E-state index contributed by atoms with van der Waals surface area (Å²) in [6.07, 6.45) is 1.25. The molecule has 0 radical (unpaired) electrons. The Labute approximate surface area is 159 Å². The monoisotopic (exact) mass is 399 g/mol. The Morgan fingerprint density at radius 2 is 1.86 bits per heavy atom. The molecule has 0 aliphatic carbocycles. The van der Waals surface area contributed by atoms with Crippen LogP contribution in [0.4, 0.5) is 4.39 Å². The van der Waals surface area contributed by atoms with Crippen LogP contribution in [-0.2, 0) is 21.3 Å². The third-order valence-corrected chi connectivity index (χ3v) is 5.31. The molecule has 0 aliphatic rings. The quantitative estimate of drug-likeness (QED) is 0.491. The maximum Gasteiger partial charge on any atom is 0.226 e. The molecule has 0 bridgehead atoms. The van der Waals surface area contributed by atoms with Crippen molar-refractivity contribution in [3.63, 3.8) is 0 Å². The van der Waals surface area contributed by atoms with Crippen LogP contribution in [0.1, 0.15) is 11.5 Å². The minimum absolute atomic E-state index is 0.152. The minimum Gasteiger partial charge on any atom is -0.444 e. The van der Waals surface area contributed by atoms with E-state index in [-0.39, 0.29) is 28.9 Å². The molecule has 0 saturated heterocycles. The Morgan fingerprint density at radius 1 is 1.04 bits per heavy atom. The first kappa shape index (κ1) is 18.0. The molecule has 0 spiro atoms. The van der Waals surface area contributed by atoms with Gasteiger partial charge in [-0.05, 0) is 40.8 Å². The summed E-state index contributed by atoms with van der Waals surface area (Å²) >= 11 is 0. The van der Waals surface area contributed by atoms with Gasteiger partial charge in [-0.2, -0.15) is 4.68 Å². The molecule has 0 N–H and O–H groups in total. The van der Waals surface area contributed by atoms with Crippen molar-refractivity contribution in [1.29, 1.82) is 0 Å². The lowest BCUT2D eigenvalue weighted by Crippen LogP contribution is -2.13. The van der Waals surface area contributed by atoms with Gasteiger partial charge in [-0.3, -0.25) is 0 Å². The zero-order valence-electron chi connectivity index (χ0n) is 14.4. The van der Waals surface area contributed by atoms with Gasteiger partial charge in [-0.15, -0.1) is 5.10 Å². The van der Waals surface area contributed by atoms with Crippen LogP contribution in [0.3, 0.4) is 0 Å². The SMILES string of the molecule is O=S(=O)(Cc1coc(-c2cccc(F)c2)n1)Cc1nnnn1-c1ccccc1. The molecule has 2 aromatic carbocycles.